The lowest BCUT2D eigenvalue weighted by Crippen LogP contribution is -2.22. The highest BCUT2D eigenvalue weighted by molar-refractivity contribution is 9.10. The van der Waals surface area contributed by atoms with E-state index >= 15 is 0 Å². The Bertz CT molecular complexity index is 544. The van der Waals surface area contributed by atoms with Crippen LogP contribution in [0, 0.1) is 0 Å². The fraction of sp³-hybridized carbons (Fsp3) is 0.455. The van der Waals surface area contributed by atoms with Crippen molar-refractivity contribution in [3.63, 3.8) is 0 Å². The van der Waals surface area contributed by atoms with Crippen LogP contribution in [0.3, 0.4) is 0 Å². The Hall–Kier alpha value is -0.790. The van der Waals surface area contributed by atoms with Gasteiger partial charge in [0.1, 0.15) is 9.84 Å². The average Bonchev–Trinajstić information content (AvgIpc) is 2.70. The number of hydrogen-bond donors (Lipinski definition) is 1. The molecule has 0 saturated carbocycles. The van der Waals surface area contributed by atoms with Crippen molar-refractivity contribution >= 4 is 25.8 Å². The van der Waals surface area contributed by atoms with Gasteiger partial charge in [0.05, 0.1) is 5.75 Å². The minimum Gasteiger partial charge on any atom is -0.454 e. The van der Waals surface area contributed by atoms with Crippen molar-refractivity contribution in [2.45, 2.75) is 6.54 Å². The van der Waals surface area contributed by atoms with Crippen molar-refractivity contribution in [3.8, 4) is 11.5 Å². The highest BCUT2D eigenvalue weighted by Gasteiger charge is 2.16. The molecule has 1 N–H and O–H groups in total. The maximum absolute atomic E-state index is 11.0. The zero-order valence-electron chi connectivity index (χ0n) is 9.90. The Morgan fingerprint density at radius 1 is 1.33 bits per heavy atom. The lowest BCUT2D eigenvalue weighted by molar-refractivity contribution is 0.174. The van der Waals surface area contributed by atoms with Crippen molar-refractivity contribution in [1.29, 1.82) is 0 Å². The van der Waals surface area contributed by atoms with Crippen LogP contribution >= 0.6 is 15.9 Å². The van der Waals surface area contributed by atoms with E-state index in [1.165, 1.54) is 6.26 Å². The van der Waals surface area contributed by atoms with Crippen LogP contribution in [0.1, 0.15) is 5.56 Å². The molecular formula is C11H14BrNO4S. The van der Waals surface area contributed by atoms with Gasteiger partial charge in [-0.2, -0.15) is 0 Å². The molecule has 0 atom stereocenters. The van der Waals surface area contributed by atoms with E-state index in [4.69, 9.17) is 9.47 Å². The van der Waals surface area contributed by atoms with Gasteiger partial charge in [0.2, 0.25) is 6.79 Å². The van der Waals surface area contributed by atoms with Crippen LogP contribution in [-0.2, 0) is 16.4 Å². The van der Waals surface area contributed by atoms with Crippen LogP contribution in [0.5, 0.6) is 11.5 Å². The summed E-state index contributed by atoms with van der Waals surface area (Å²) < 4.78 is 33.4. The number of ether oxygens (including phenoxy) is 2. The first-order valence-corrected chi connectivity index (χ1v) is 8.27. The first-order valence-electron chi connectivity index (χ1n) is 5.42. The highest BCUT2D eigenvalue weighted by atomic mass is 79.9. The maximum atomic E-state index is 11.0. The summed E-state index contributed by atoms with van der Waals surface area (Å²) in [6.07, 6.45) is 1.23. The van der Waals surface area contributed by atoms with Crippen LogP contribution < -0.4 is 14.8 Å². The van der Waals surface area contributed by atoms with Crippen molar-refractivity contribution in [1.82, 2.24) is 5.32 Å². The van der Waals surface area contributed by atoms with E-state index in [1.54, 1.807) is 0 Å². The van der Waals surface area contributed by atoms with Gasteiger partial charge in [0, 0.05) is 23.8 Å². The summed E-state index contributed by atoms with van der Waals surface area (Å²) in [4.78, 5) is 0. The molecule has 1 heterocycles. The molecule has 0 radical (unpaired) electrons. The third-order valence-corrected chi connectivity index (χ3v) is 4.19. The zero-order chi connectivity index (χ0) is 13.2. The molecule has 5 nitrogen and oxygen atoms in total. The molecule has 0 aromatic heterocycles. The van der Waals surface area contributed by atoms with E-state index < -0.39 is 9.84 Å². The molecule has 18 heavy (non-hydrogen) atoms. The molecule has 0 saturated heterocycles. The molecule has 0 spiro atoms. The van der Waals surface area contributed by atoms with Crippen molar-refractivity contribution in [2.24, 2.45) is 0 Å². The normalized spacial score (nSPS) is 13.9. The predicted molar refractivity (Wildman–Crippen MR) is 71.7 cm³/mol. The van der Waals surface area contributed by atoms with Gasteiger partial charge in [-0.25, -0.2) is 8.42 Å². The topological polar surface area (TPSA) is 64.6 Å². The van der Waals surface area contributed by atoms with E-state index in [2.05, 4.69) is 21.2 Å². The molecule has 2 rings (SSSR count). The number of benzene rings is 1. The number of hydrogen-bond acceptors (Lipinski definition) is 5. The first-order chi connectivity index (χ1) is 8.46. The zero-order valence-corrected chi connectivity index (χ0v) is 12.3. The standard InChI is InChI=1S/C11H14BrNO4S/c1-18(14,15)3-2-13-6-8-4-10-11(5-9(8)12)17-7-16-10/h4-5,13H,2-3,6-7H2,1H3. The smallest absolute Gasteiger partial charge is 0.231 e. The largest absolute Gasteiger partial charge is 0.454 e. The molecule has 100 valence electrons. The SMILES string of the molecule is CS(=O)(=O)CCNCc1cc2c(cc1Br)OCO2. The van der Waals surface area contributed by atoms with Crippen LogP contribution in [0.4, 0.5) is 0 Å². The number of sulfone groups is 1. The Labute approximate surface area is 115 Å². The summed E-state index contributed by atoms with van der Waals surface area (Å²) in [5.74, 6) is 1.58. The van der Waals surface area contributed by atoms with Gasteiger partial charge in [-0.3, -0.25) is 0 Å². The molecule has 0 unspecified atom stereocenters. The number of rotatable bonds is 5. The Morgan fingerprint density at radius 2 is 2.00 bits per heavy atom. The molecule has 0 fully saturated rings. The van der Waals surface area contributed by atoms with Gasteiger partial charge >= 0.3 is 0 Å². The molecule has 0 bridgehead atoms. The minimum atomic E-state index is -2.92. The van der Waals surface area contributed by atoms with Gasteiger partial charge in [-0.05, 0) is 17.7 Å². The number of fused-ring (bicyclic) bond motifs is 1. The van der Waals surface area contributed by atoms with Gasteiger partial charge in [0.15, 0.2) is 11.5 Å². The van der Waals surface area contributed by atoms with Crippen molar-refractivity contribution in [2.75, 3.05) is 25.3 Å². The van der Waals surface area contributed by atoms with E-state index in [0.717, 1.165) is 21.5 Å². The lowest BCUT2D eigenvalue weighted by Gasteiger charge is -2.07. The molecule has 0 amide bonds. The fourth-order valence-electron chi connectivity index (χ4n) is 1.58. The van der Waals surface area contributed by atoms with Gasteiger partial charge < -0.3 is 14.8 Å². The van der Waals surface area contributed by atoms with Crippen LogP contribution in [-0.4, -0.2) is 33.8 Å². The molecule has 1 aliphatic heterocycles. The molecule has 1 aliphatic rings. The Morgan fingerprint density at radius 3 is 2.67 bits per heavy atom. The van der Waals surface area contributed by atoms with E-state index in [-0.39, 0.29) is 12.5 Å². The second-order valence-corrected chi connectivity index (χ2v) is 7.22. The van der Waals surface area contributed by atoms with Crippen LogP contribution in [0.25, 0.3) is 0 Å². The number of nitrogens with one attached hydrogen (secondary N) is 1. The quantitative estimate of drug-likeness (QED) is 0.822. The summed E-state index contributed by atoms with van der Waals surface area (Å²) in [6, 6.07) is 3.75. The van der Waals surface area contributed by atoms with E-state index in [9.17, 15) is 8.42 Å². The summed E-state index contributed by atoms with van der Waals surface area (Å²) in [6.45, 7) is 1.25. The van der Waals surface area contributed by atoms with Crippen LogP contribution in [0.2, 0.25) is 0 Å². The fourth-order valence-corrected chi connectivity index (χ4v) is 2.55. The third kappa shape index (κ3) is 3.60. The first kappa shape index (κ1) is 13.6. The highest BCUT2D eigenvalue weighted by Crippen LogP contribution is 2.36. The Balaban J connectivity index is 1.94. The number of halogens is 1. The van der Waals surface area contributed by atoms with Crippen molar-refractivity contribution < 1.29 is 17.9 Å². The summed E-state index contributed by atoms with van der Waals surface area (Å²) >= 11 is 3.45. The minimum absolute atomic E-state index is 0.134. The van der Waals surface area contributed by atoms with Gasteiger partial charge in [0.25, 0.3) is 0 Å². The second kappa shape index (κ2) is 5.46. The van der Waals surface area contributed by atoms with E-state index in [0.29, 0.717) is 13.1 Å². The summed E-state index contributed by atoms with van der Waals surface area (Å²) in [5, 5.41) is 3.08. The van der Waals surface area contributed by atoms with Gasteiger partial charge in [-0.15, -0.1) is 0 Å². The average molecular weight is 336 g/mol. The molecule has 7 heteroatoms. The Kier molecular flexibility index (Phi) is 4.14. The molecule has 1 aromatic rings. The third-order valence-electron chi connectivity index (χ3n) is 2.51. The summed E-state index contributed by atoms with van der Waals surface area (Å²) in [5.41, 5.74) is 1.01. The maximum Gasteiger partial charge on any atom is 0.231 e. The van der Waals surface area contributed by atoms with Gasteiger partial charge in [-0.1, -0.05) is 15.9 Å². The van der Waals surface area contributed by atoms with Crippen LogP contribution in [0.15, 0.2) is 16.6 Å². The monoisotopic (exact) mass is 335 g/mol. The molecular weight excluding hydrogens is 322 g/mol. The molecule has 1 aromatic carbocycles. The predicted octanol–water partition coefficient (Wildman–Crippen LogP) is 1.31. The second-order valence-electron chi connectivity index (χ2n) is 4.10. The molecule has 0 aliphatic carbocycles. The summed E-state index contributed by atoms with van der Waals surface area (Å²) in [7, 11) is -2.92. The lowest BCUT2D eigenvalue weighted by atomic mass is 10.2. The van der Waals surface area contributed by atoms with E-state index in [1.807, 2.05) is 12.1 Å². The van der Waals surface area contributed by atoms with Crippen molar-refractivity contribution in [3.05, 3.63) is 22.2 Å².